The van der Waals surface area contributed by atoms with Crippen molar-refractivity contribution in [3.63, 3.8) is 0 Å². The molecule has 6 heteroatoms. The molecule has 3 aromatic rings. The lowest BCUT2D eigenvalue weighted by atomic mass is 10.0. The summed E-state index contributed by atoms with van der Waals surface area (Å²) in [5.41, 5.74) is 2.93. The molecule has 0 radical (unpaired) electrons. The van der Waals surface area contributed by atoms with Crippen LogP contribution in [0.5, 0.6) is 0 Å². The summed E-state index contributed by atoms with van der Waals surface area (Å²) in [5, 5.41) is 3.07. The Morgan fingerprint density at radius 2 is 1.78 bits per heavy atom. The number of rotatable bonds is 6. The molecule has 1 heterocycles. The van der Waals surface area contributed by atoms with Crippen LogP contribution in [0, 0.1) is 0 Å². The molecular formula is C21H23BrN4O. The Balaban J connectivity index is 1.73. The summed E-state index contributed by atoms with van der Waals surface area (Å²) < 4.78 is 1.03. The van der Waals surface area contributed by atoms with Crippen LogP contribution in [0.3, 0.4) is 0 Å². The summed E-state index contributed by atoms with van der Waals surface area (Å²) in [6.45, 7) is 1.93. The standard InChI is InChI=1S/C21H23BrN4O/c1-14(20-23-13-18(25-20)15-9-11-17(22)12-10-15)24-21(27)19(26(2)3)16-7-5-4-6-8-16/h4-14,19H,1-3H3,(H,23,25)(H,24,27)/t14-,19+/m1/s1. The second-order valence-electron chi connectivity index (χ2n) is 6.70. The smallest absolute Gasteiger partial charge is 0.242 e. The second-order valence-corrected chi connectivity index (χ2v) is 7.61. The maximum absolute atomic E-state index is 12.9. The summed E-state index contributed by atoms with van der Waals surface area (Å²) in [5.74, 6) is 0.673. The molecule has 2 atom stereocenters. The fourth-order valence-corrected chi connectivity index (χ4v) is 3.28. The first-order valence-electron chi connectivity index (χ1n) is 8.78. The Hall–Kier alpha value is -2.44. The monoisotopic (exact) mass is 426 g/mol. The summed E-state index contributed by atoms with van der Waals surface area (Å²) in [4.78, 5) is 22.5. The van der Waals surface area contributed by atoms with Crippen molar-refractivity contribution in [2.24, 2.45) is 0 Å². The highest BCUT2D eigenvalue weighted by molar-refractivity contribution is 9.10. The van der Waals surface area contributed by atoms with Crippen molar-refractivity contribution in [2.45, 2.75) is 19.0 Å². The van der Waals surface area contributed by atoms with Gasteiger partial charge in [-0.15, -0.1) is 0 Å². The van der Waals surface area contributed by atoms with Gasteiger partial charge in [0.1, 0.15) is 11.9 Å². The van der Waals surface area contributed by atoms with E-state index < -0.39 is 0 Å². The summed E-state index contributed by atoms with van der Waals surface area (Å²) in [6.07, 6.45) is 1.79. The van der Waals surface area contributed by atoms with E-state index in [1.807, 2.05) is 80.5 Å². The SMILES string of the molecule is C[C@@H](NC(=O)[C@H](c1ccccc1)N(C)C)c1ncc(-c2ccc(Br)cc2)[nH]1. The van der Waals surface area contributed by atoms with Crippen LogP contribution in [-0.2, 0) is 4.79 Å². The fraction of sp³-hybridized carbons (Fsp3) is 0.238. The highest BCUT2D eigenvalue weighted by atomic mass is 79.9. The molecular weight excluding hydrogens is 404 g/mol. The number of imidazole rings is 1. The van der Waals surface area contributed by atoms with Crippen LogP contribution in [0.4, 0.5) is 0 Å². The van der Waals surface area contributed by atoms with Gasteiger partial charge in [-0.05, 0) is 44.3 Å². The molecule has 1 aromatic heterocycles. The molecule has 0 saturated heterocycles. The lowest BCUT2D eigenvalue weighted by molar-refractivity contribution is -0.126. The van der Waals surface area contributed by atoms with Gasteiger partial charge in [-0.25, -0.2) is 4.98 Å². The molecule has 0 aliphatic heterocycles. The van der Waals surface area contributed by atoms with Gasteiger partial charge in [0.15, 0.2) is 0 Å². The average Bonchev–Trinajstić information content (AvgIpc) is 3.13. The summed E-state index contributed by atoms with van der Waals surface area (Å²) >= 11 is 3.44. The molecule has 2 aromatic carbocycles. The minimum Gasteiger partial charge on any atom is -0.345 e. The van der Waals surface area contributed by atoms with Gasteiger partial charge < -0.3 is 10.3 Å². The van der Waals surface area contributed by atoms with E-state index in [-0.39, 0.29) is 18.0 Å². The predicted molar refractivity (Wildman–Crippen MR) is 111 cm³/mol. The number of likely N-dealkylation sites (N-methyl/N-ethyl adjacent to an activating group) is 1. The highest BCUT2D eigenvalue weighted by Crippen LogP contribution is 2.23. The zero-order valence-electron chi connectivity index (χ0n) is 15.6. The summed E-state index contributed by atoms with van der Waals surface area (Å²) in [6, 6.07) is 17.2. The summed E-state index contributed by atoms with van der Waals surface area (Å²) in [7, 11) is 3.81. The van der Waals surface area contributed by atoms with Crippen molar-refractivity contribution in [1.82, 2.24) is 20.2 Å². The van der Waals surface area contributed by atoms with E-state index >= 15 is 0 Å². The van der Waals surface area contributed by atoms with Gasteiger partial charge in [-0.3, -0.25) is 9.69 Å². The molecule has 0 aliphatic rings. The largest absolute Gasteiger partial charge is 0.345 e. The number of hydrogen-bond donors (Lipinski definition) is 2. The van der Waals surface area contributed by atoms with Crippen molar-refractivity contribution in [2.75, 3.05) is 14.1 Å². The number of aromatic nitrogens is 2. The molecule has 0 bridgehead atoms. The van der Waals surface area contributed by atoms with Gasteiger partial charge in [0.25, 0.3) is 0 Å². The number of halogens is 1. The number of amides is 1. The third-order valence-corrected chi connectivity index (χ3v) is 4.93. The van der Waals surface area contributed by atoms with E-state index in [2.05, 4.69) is 31.2 Å². The van der Waals surface area contributed by atoms with Crippen molar-refractivity contribution < 1.29 is 4.79 Å². The first-order valence-corrected chi connectivity index (χ1v) is 9.57. The molecule has 0 unspecified atom stereocenters. The normalized spacial score (nSPS) is 13.4. The Morgan fingerprint density at radius 3 is 2.41 bits per heavy atom. The van der Waals surface area contributed by atoms with Crippen LogP contribution >= 0.6 is 15.9 Å². The lowest BCUT2D eigenvalue weighted by Crippen LogP contribution is -2.38. The molecule has 0 spiro atoms. The Bertz CT molecular complexity index is 890. The van der Waals surface area contributed by atoms with E-state index in [4.69, 9.17) is 0 Å². The van der Waals surface area contributed by atoms with Crippen molar-refractivity contribution >= 4 is 21.8 Å². The number of H-pyrrole nitrogens is 1. The van der Waals surface area contributed by atoms with Crippen LogP contribution < -0.4 is 5.32 Å². The predicted octanol–water partition coefficient (Wildman–Crippen LogP) is 4.32. The van der Waals surface area contributed by atoms with Crippen LogP contribution in [0.1, 0.15) is 30.4 Å². The van der Waals surface area contributed by atoms with Crippen LogP contribution in [0.25, 0.3) is 11.3 Å². The Morgan fingerprint density at radius 1 is 1.11 bits per heavy atom. The second kappa shape index (κ2) is 8.50. The van der Waals surface area contributed by atoms with Crippen LogP contribution in [-0.4, -0.2) is 34.9 Å². The first-order chi connectivity index (χ1) is 13.0. The van der Waals surface area contributed by atoms with Crippen molar-refractivity contribution in [1.29, 1.82) is 0 Å². The molecule has 0 saturated carbocycles. The fourth-order valence-electron chi connectivity index (χ4n) is 3.01. The van der Waals surface area contributed by atoms with E-state index in [1.165, 1.54) is 0 Å². The number of aromatic amines is 1. The molecule has 0 fully saturated rings. The van der Waals surface area contributed by atoms with Gasteiger partial charge >= 0.3 is 0 Å². The maximum atomic E-state index is 12.9. The van der Waals surface area contributed by atoms with Crippen molar-refractivity contribution in [3.8, 4) is 11.3 Å². The number of carbonyl (C=O) groups excluding carboxylic acids is 1. The Labute approximate surface area is 168 Å². The van der Waals surface area contributed by atoms with Crippen LogP contribution in [0.15, 0.2) is 65.3 Å². The molecule has 3 rings (SSSR count). The Kier molecular flexibility index (Phi) is 6.08. The maximum Gasteiger partial charge on any atom is 0.242 e. The molecule has 5 nitrogen and oxygen atoms in total. The molecule has 2 N–H and O–H groups in total. The molecule has 0 aliphatic carbocycles. The number of benzene rings is 2. The topological polar surface area (TPSA) is 61.0 Å². The average molecular weight is 427 g/mol. The lowest BCUT2D eigenvalue weighted by Gasteiger charge is -2.25. The third-order valence-electron chi connectivity index (χ3n) is 4.40. The quantitative estimate of drug-likeness (QED) is 0.616. The number of nitrogens with zero attached hydrogens (tertiary/aromatic N) is 2. The van der Waals surface area contributed by atoms with Crippen LogP contribution in [0.2, 0.25) is 0 Å². The molecule has 27 heavy (non-hydrogen) atoms. The number of nitrogens with one attached hydrogen (secondary N) is 2. The number of hydrogen-bond acceptors (Lipinski definition) is 3. The zero-order valence-corrected chi connectivity index (χ0v) is 17.2. The third kappa shape index (κ3) is 4.64. The number of carbonyl (C=O) groups is 1. The first kappa shape index (κ1) is 19.3. The molecule has 140 valence electrons. The van der Waals surface area contributed by atoms with E-state index in [0.29, 0.717) is 0 Å². The van der Waals surface area contributed by atoms with Gasteiger partial charge in [-0.1, -0.05) is 58.4 Å². The molecule has 1 amide bonds. The zero-order chi connectivity index (χ0) is 19.4. The van der Waals surface area contributed by atoms with Gasteiger partial charge in [-0.2, -0.15) is 0 Å². The van der Waals surface area contributed by atoms with Gasteiger partial charge in [0.05, 0.1) is 17.9 Å². The highest BCUT2D eigenvalue weighted by Gasteiger charge is 2.25. The minimum absolute atomic E-state index is 0.0553. The van der Waals surface area contributed by atoms with E-state index in [0.717, 1.165) is 27.1 Å². The minimum atomic E-state index is -0.352. The van der Waals surface area contributed by atoms with E-state index in [1.54, 1.807) is 6.20 Å². The van der Waals surface area contributed by atoms with Crippen molar-refractivity contribution in [3.05, 3.63) is 76.7 Å². The van der Waals surface area contributed by atoms with Gasteiger partial charge in [0, 0.05) is 4.47 Å². The van der Waals surface area contributed by atoms with Gasteiger partial charge in [0.2, 0.25) is 5.91 Å². The van der Waals surface area contributed by atoms with E-state index in [9.17, 15) is 4.79 Å².